The summed E-state index contributed by atoms with van der Waals surface area (Å²) >= 11 is 1.24. The minimum absolute atomic E-state index is 0.0150. The third kappa shape index (κ3) is 2.70. The fourth-order valence-corrected chi connectivity index (χ4v) is 2.03. The number of thiazole rings is 1. The second kappa shape index (κ2) is 4.94. The zero-order valence-electron chi connectivity index (χ0n) is 8.90. The van der Waals surface area contributed by atoms with E-state index in [2.05, 4.69) is 15.0 Å². The third-order valence-corrected chi connectivity index (χ3v) is 2.97. The Morgan fingerprint density at radius 3 is 2.81 bits per heavy atom. The van der Waals surface area contributed by atoms with Crippen molar-refractivity contribution in [3.8, 4) is 0 Å². The van der Waals surface area contributed by atoms with Crippen molar-refractivity contribution in [1.82, 2.24) is 4.98 Å². The van der Waals surface area contributed by atoms with Crippen molar-refractivity contribution in [3.63, 3.8) is 0 Å². The van der Waals surface area contributed by atoms with Gasteiger partial charge in [0, 0.05) is 6.42 Å². The van der Waals surface area contributed by atoms with E-state index >= 15 is 0 Å². The number of hydrogen-bond acceptors (Lipinski definition) is 4. The molecule has 1 aliphatic rings. The van der Waals surface area contributed by atoms with Crippen molar-refractivity contribution in [2.24, 2.45) is 5.16 Å². The molecule has 0 spiro atoms. The molecule has 0 atom stereocenters. The first-order chi connectivity index (χ1) is 7.75. The second-order valence-electron chi connectivity index (χ2n) is 3.42. The van der Waals surface area contributed by atoms with E-state index in [0.29, 0.717) is 0 Å². The highest BCUT2D eigenvalue weighted by atomic mass is 32.1. The Hall–Kier alpha value is -1.62. The fraction of sp³-hybridized carbons (Fsp3) is 0.273. The molecular formula is C11H12N2O2S. The van der Waals surface area contributed by atoms with Gasteiger partial charge in [-0.05, 0) is 19.1 Å². The van der Waals surface area contributed by atoms with Crippen LogP contribution in [0.15, 0.2) is 34.2 Å². The fourth-order valence-electron chi connectivity index (χ4n) is 1.29. The van der Waals surface area contributed by atoms with E-state index in [1.165, 1.54) is 11.3 Å². The number of H-pyrrole nitrogens is 1. The first kappa shape index (κ1) is 10.9. The summed E-state index contributed by atoms with van der Waals surface area (Å²) in [6, 6.07) is 7.65. The predicted octanol–water partition coefficient (Wildman–Crippen LogP) is 2.37. The number of hydrogen-bond donors (Lipinski definition) is 1. The minimum Gasteiger partial charge on any atom is -0.395 e. The standard InChI is InChI=1S/C7H5NOS.C4H7NO/c9-7-8-5-3-1-2-4-6(5)10-7;1-4-2-3-6-5-4/h1-4H,(H,8,9);2-3H2,1H3. The lowest BCUT2D eigenvalue weighted by molar-refractivity contribution is 0.173. The summed E-state index contributed by atoms with van der Waals surface area (Å²) in [5.41, 5.74) is 2.03. The van der Waals surface area contributed by atoms with Crippen LogP contribution in [0, 0.1) is 0 Å². The van der Waals surface area contributed by atoms with Gasteiger partial charge in [0.25, 0.3) is 0 Å². The molecule has 0 aliphatic carbocycles. The van der Waals surface area contributed by atoms with Gasteiger partial charge in [-0.3, -0.25) is 4.79 Å². The van der Waals surface area contributed by atoms with Gasteiger partial charge in [0.15, 0.2) is 0 Å². The predicted molar refractivity (Wildman–Crippen MR) is 66.1 cm³/mol. The maximum absolute atomic E-state index is 10.8. The van der Waals surface area contributed by atoms with E-state index in [1.807, 2.05) is 31.2 Å². The quantitative estimate of drug-likeness (QED) is 0.763. The molecule has 0 radical (unpaired) electrons. The van der Waals surface area contributed by atoms with Crippen LogP contribution in [-0.2, 0) is 4.84 Å². The SMILES string of the molecule is CC1=NOCC1.O=c1[nH]c2ccccc2s1. The zero-order valence-corrected chi connectivity index (χ0v) is 9.71. The Labute approximate surface area is 96.6 Å². The van der Waals surface area contributed by atoms with Gasteiger partial charge in [-0.1, -0.05) is 28.6 Å². The molecule has 2 heterocycles. The van der Waals surface area contributed by atoms with E-state index in [-0.39, 0.29) is 4.87 Å². The number of nitrogens with one attached hydrogen (secondary N) is 1. The Balaban J connectivity index is 0.000000138. The highest BCUT2D eigenvalue weighted by molar-refractivity contribution is 7.16. The van der Waals surface area contributed by atoms with Crippen molar-refractivity contribution in [2.75, 3.05) is 6.61 Å². The van der Waals surface area contributed by atoms with E-state index in [9.17, 15) is 4.79 Å². The molecule has 2 aromatic rings. The van der Waals surface area contributed by atoms with Crippen LogP contribution in [0.25, 0.3) is 10.2 Å². The van der Waals surface area contributed by atoms with Crippen molar-refractivity contribution >= 4 is 27.3 Å². The lowest BCUT2D eigenvalue weighted by Gasteiger charge is -1.81. The number of oxime groups is 1. The number of para-hydroxylation sites is 1. The van der Waals surface area contributed by atoms with Crippen molar-refractivity contribution in [3.05, 3.63) is 33.9 Å². The summed E-state index contributed by atoms with van der Waals surface area (Å²) in [5, 5.41) is 3.65. The molecular weight excluding hydrogens is 224 g/mol. The van der Waals surface area contributed by atoms with Crippen molar-refractivity contribution < 1.29 is 4.84 Å². The van der Waals surface area contributed by atoms with Crippen LogP contribution in [0.1, 0.15) is 13.3 Å². The molecule has 0 bridgehead atoms. The Morgan fingerprint density at radius 2 is 2.25 bits per heavy atom. The number of rotatable bonds is 0. The smallest absolute Gasteiger partial charge is 0.305 e. The maximum atomic E-state index is 10.8. The number of aromatic nitrogens is 1. The molecule has 4 nitrogen and oxygen atoms in total. The van der Waals surface area contributed by atoms with Gasteiger partial charge in [-0.15, -0.1) is 0 Å². The normalized spacial score (nSPS) is 13.9. The summed E-state index contributed by atoms with van der Waals surface area (Å²) in [7, 11) is 0. The van der Waals surface area contributed by atoms with Crippen LogP contribution in [0.5, 0.6) is 0 Å². The molecule has 0 amide bonds. The van der Waals surface area contributed by atoms with Gasteiger partial charge in [0.2, 0.25) is 0 Å². The van der Waals surface area contributed by atoms with E-state index in [0.717, 1.165) is 29.0 Å². The molecule has 0 saturated carbocycles. The first-order valence-electron chi connectivity index (χ1n) is 4.99. The molecule has 1 aromatic carbocycles. The minimum atomic E-state index is 0.0150. The van der Waals surface area contributed by atoms with Crippen LogP contribution in [0.3, 0.4) is 0 Å². The van der Waals surface area contributed by atoms with Crippen molar-refractivity contribution in [1.29, 1.82) is 0 Å². The van der Waals surface area contributed by atoms with Gasteiger partial charge in [-0.2, -0.15) is 0 Å². The molecule has 16 heavy (non-hydrogen) atoms. The summed E-state index contributed by atoms with van der Waals surface area (Å²) < 4.78 is 1.02. The van der Waals surface area contributed by atoms with Gasteiger partial charge >= 0.3 is 4.87 Å². The molecule has 1 aliphatic heterocycles. The van der Waals surface area contributed by atoms with Gasteiger partial charge in [-0.25, -0.2) is 0 Å². The number of nitrogens with zero attached hydrogens (tertiary/aromatic N) is 1. The highest BCUT2D eigenvalue weighted by Gasteiger charge is 1.98. The maximum Gasteiger partial charge on any atom is 0.305 e. The van der Waals surface area contributed by atoms with E-state index in [1.54, 1.807) is 0 Å². The van der Waals surface area contributed by atoms with Crippen LogP contribution >= 0.6 is 11.3 Å². The van der Waals surface area contributed by atoms with E-state index in [4.69, 9.17) is 0 Å². The lowest BCUT2D eigenvalue weighted by atomic mass is 10.3. The molecule has 0 fully saturated rings. The third-order valence-electron chi connectivity index (χ3n) is 2.10. The molecule has 0 saturated heterocycles. The Kier molecular flexibility index (Phi) is 3.36. The van der Waals surface area contributed by atoms with E-state index < -0.39 is 0 Å². The summed E-state index contributed by atoms with van der Waals surface area (Å²) in [6.07, 6.45) is 1.01. The average Bonchev–Trinajstić information content (AvgIpc) is 2.86. The van der Waals surface area contributed by atoms with Crippen LogP contribution in [0.2, 0.25) is 0 Å². The van der Waals surface area contributed by atoms with Crippen LogP contribution in [0.4, 0.5) is 0 Å². The molecule has 3 rings (SSSR count). The van der Waals surface area contributed by atoms with Crippen LogP contribution in [-0.4, -0.2) is 17.3 Å². The molecule has 84 valence electrons. The Morgan fingerprint density at radius 1 is 1.44 bits per heavy atom. The van der Waals surface area contributed by atoms with Gasteiger partial charge in [0.05, 0.1) is 15.9 Å². The molecule has 5 heteroatoms. The van der Waals surface area contributed by atoms with Crippen molar-refractivity contribution in [2.45, 2.75) is 13.3 Å². The highest BCUT2D eigenvalue weighted by Crippen LogP contribution is 2.11. The summed E-state index contributed by atoms with van der Waals surface area (Å²) in [4.78, 5) is 18.1. The lowest BCUT2D eigenvalue weighted by Crippen LogP contribution is -1.89. The number of benzene rings is 1. The van der Waals surface area contributed by atoms with Crippen LogP contribution < -0.4 is 4.87 Å². The van der Waals surface area contributed by atoms with Gasteiger partial charge < -0.3 is 9.82 Å². The summed E-state index contributed by atoms with van der Waals surface area (Å²) in [6.45, 7) is 2.75. The molecule has 1 N–H and O–H groups in total. The summed E-state index contributed by atoms with van der Waals surface area (Å²) in [5.74, 6) is 0. The zero-order chi connectivity index (χ0) is 11.4. The second-order valence-corrected chi connectivity index (χ2v) is 4.44. The topological polar surface area (TPSA) is 54.4 Å². The molecule has 1 aromatic heterocycles. The monoisotopic (exact) mass is 236 g/mol. The van der Waals surface area contributed by atoms with Gasteiger partial charge in [0.1, 0.15) is 6.61 Å². The number of fused-ring (bicyclic) bond motifs is 1. The largest absolute Gasteiger partial charge is 0.395 e. The average molecular weight is 236 g/mol. The Bertz CT molecular complexity index is 520. The molecule has 0 unspecified atom stereocenters. The number of aromatic amines is 1. The first-order valence-corrected chi connectivity index (χ1v) is 5.80.